The van der Waals surface area contributed by atoms with Gasteiger partial charge in [0.1, 0.15) is 5.75 Å². The normalized spacial score (nSPS) is 12.1. The Kier molecular flexibility index (Phi) is 6.36. The van der Waals surface area contributed by atoms with E-state index in [2.05, 4.69) is 31.4 Å². The van der Waals surface area contributed by atoms with Gasteiger partial charge < -0.3 is 15.4 Å². The van der Waals surface area contributed by atoms with E-state index in [1.165, 1.54) is 13.3 Å². The first-order valence-corrected chi connectivity index (χ1v) is 7.14. The maximum atomic E-state index is 11.1. The lowest BCUT2D eigenvalue weighted by molar-refractivity contribution is -0.114. The highest BCUT2D eigenvalue weighted by Crippen LogP contribution is 2.28. The van der Waals surface area contributed by atoms with Gasteiger partial charge in [-0.25, -0.2) is 0 Å². The average Bonchev–Trinajstić information content (AvgIpc) is 2.37. The lowest BCUT2D eigenvalue weighted by Gasteiger charge is -2.18. The minimum atomic E-state index is -0.102. The van der Waals surface area contributed by atoms with Gasteiger partial charge in [0, 0.05) is 24.7 Å². The zero-order valence-corrected chi connectivity index (χ0v) is 13.1. The summed E-state index contributed by atoms with van der Waals surface area (Å²) in [7, 11) is 1.60. The Hall–Kier alpha value is -1.71. The fourth-order valence-corrected chi connectivity index (χ4v) is 2.01. The molecule has 0 radical (unpaired) electrons. The number of ether oxygens (including phenoxy) is 1. The molecule has 0 bridgehead atoms. The number of anilines is 2. The van der Waals surface area contributed by atoms with Crippen molar-refractivity contribution in [3.05, 3.63) is 18.2 Å². The van der Waals surface area contributed by atoms with Crippen LogP contribution in [-0.2, 0) is 4.79 Å². The number of amides is 1. The predicted molar refractivity (Wildman–Crippen MR) is 84.5 cm³/mol. The Morgan fingerprint density at radius 1 is 1.25 bits per heavy atom. The molecule has 0 heterocycles. The first kappa shape index (κ1) is 16.3. The Morgan fingerprint density at radius 2 is 1.95 bits per heavy atom. The summed E-state index contributed by atoms with van der Waals surface area (Å²) in [6.07, 6.45) is 2.34. The number of hydrogen-bond donors (Lipinski definition) is 2. The molecule has 20 heavy (non-hydrogen) atoms. The van der Waals surface area contributed by atoms with Gasteiger partial charge in [-0.1, -0.05) is 13.8 Å². The van der Waals surface area contributed by atoms with Crippen molar-refractivity contribution in [3.8, 4) is 5.75 Å². The van der Waals surface area contributed by atoms with E-state index in [0.29, 0.717) is 17.5 Å². The number of nitrogens with one attached hydrogen (secondary N) is 2. The molecule has 1 atom stereocenters. The van der Waals surface area contributed by atoms with Crippen LogP contribution in [0.15, 0.2) is 18.2 Å². The van der Waals surface area contributed by atoms with Crippen LogP contribution in [0.4, 0.5) is 11.4 Å². The summed E-state index contributed by atoms with van der Waals surface area (Å²) in [6, 6.07) is 6.14. The molecule has 0 fully saturated rings. The highest BCUT2D eigenvalue weighted by Gasteiger charge is 2.08. The molecule has 2 N–H and O–H groups in total. The number of carbonyl (C=O) groups excluding carboxylic acids is 1. The summed E-state index contributed by atoms with van der Waals surface area (Å²) in [5.74, 6) is 1.28. The topological polar surface area (TPSA) is 50.4 Å². The second-order valence-corrected chi connectivity index (χ2v) is 5.61. The maximum absolute atomic E-state index is 11.1. The molecule has 0 aliphatic heterocycles. The molecule has 0 saturated heterocycles. The number of rotatable bonds is 7. The van der Waals surface area contributed by atoms with E-state index in [0.717, 1.165) is 18.0 Å². The Bertz CT molecular complexity index is 444. The quantitative estimate of drug-likeness (QED) is 0.795. The van der Waals surface area contributed by atoms with Crippen molar-refractivity contribution in [1.29, 1.82) is 0 Å². The summed E-state index contributed by atoms with van der Waals surface area (Å²) < 4.78 is 5.31. The molecular formula is C16H26N2O2. The van der Waals surface area contributed by atoms with Crippen LogP contribution in [0.1, 0.15) is 40.5 Å². The minimum Gasteiger partial charge on any atom is -0.494 e. The molecule has 1 unspecified atom stereocenters. The third kappa shape index (κ3) is 5.51. The highest BCUT2D eigenvalue weighted by atomic mass is 16.5. The highest BCUT2D eigenvalue weighted by molar-refractivity contribution is 5.90. The Balaban J connectivity index is 2.69. The fourth-order valence-electron chi connectivity index (χ4n) is 2.01. The molecule has 1 aromatic rings. The molecule has 1 rings (SSSR count). The van der Waals surface area contributed by atoms with E-state index in [9.17, 15) is 4.79 Å². The van der Waals surface area contributed by atoms with Gasteiger partial charge in [-0.2, -0.15) is 0 Å². The van der Waals surface area contributed by atoms with Crippen molar-refractivity contribution in [1.82, 2.24) is 0 Å². The summed E-state index contributed by atoms with van der Waals surface area (Å²) in [6.45, 7) is 8.13. The fraction of sp³-hybridized carbons (Fsp3) is 0.562. The van der Waals surface area contributed by atoms with Gasteiger partial charge in [0.25, 0.3) is 0 Å². The molecule has 1 amide bonds. The van der Waals surface area contributed by atoms with Gasteiger partial charge in [0.2, 0.25) is 5.91 Å². The zero-order chi connectivity index (χ0) is 15.1. The minimum absolute atomic E-state index is 0.102. The van der Waals surface area contributed by atoms with Crippen molar-refractivity contribution in [2.75, 3.05) is 17.7 Å². The molecule has 0 spiro atoms. The van der Waals surface area contributed by atoms with Gasteiger partial charge in [-0.05, 0) is 37.8 Å². The smallest absolute Gasteiger partial charge is 0.221 e. The lowest BCUT2D eigenvalue weighted by atomic mass is 10.0. The number of benzene rings is 1. The second-order valence-electron chi connectivity index (χ2n) is 5.61. The summed E-state index contributed by atoms with van der Waals surface area (Å²) in [5, 5.41) is 6.21. The van der Waals surface area contributed by atoms with Crippen LogP contribution in [0.3, 0.4) is 0 Å². The standard InChI is InChI=1S/C16H26N2O2/c1-11(2)6-7-12(3)17-14-8-9-15(18-13(4)19)16(10-14)20-5/h8-12,17H,6-7H2,1-5H3,(H,18,19). The van der Waals surface area contributed by atoms with E-state index >= 15 is 0 Å². The molecule has 112 valence electrons. The molecule has 0 aliphatic carbocycles. The van der Waals surface area contributed by atoms with Crippen molar-refractivity contribution < 1.29 is 9.53 Å². The molecule has 4 nitrogen and oxygen atoms in total. The third-order valence-electron chi connectivity index (χ3n) is 3.10. The largest absolute Gasteiger partial charge is 0.494 e. The monoisotopic (exact) mass is 278 g/mol. The van der Waals surface area contributed by atoms with Crippen LogP contribution in [0.5, 0.6) is 5.75 Å². The summed E-state index contributed by atoms with van der Waals surface area (Å²) in [4.78, 5) is 11.1. The summed E-state index contributed by atoms with van der Waals surface area (Å²) in [5.41, 5.74) is 1.70. The number of carbonyl (C=O) groups is 1. The Labute approximate surface area is 121 Å². The van der Waals surface area contributed by atoms with Crippen molar-refractivity contribution in [2.45, 2.75) is 46.6 Å². The van der Waals surface area contributed by atoms with E-state index in [1.54, 1.807) is 7.11 Å². The predicted octanol–water partition coefficient (Wildman–Crippen LogP) is 3.89. The molecule has 0 aliphatic rings. The first-order chi connectivity index (χ1) is 9.42. The van der Waals surface area contributed by atoms with Crippen molar-refractivity contribution in [3.63, 3.8) is 0 Å². The lowest BCUT2D eigenvalue weighted by Crippen LogP contribution is -2.16. The SMILES string of the molecule is COc1cc(NC(C)CCC(C)C)ccc1NC(C)=O. The average molecular weight is 278 g/mol. The zero-order valence-electron chi connectivity index (χ0n) is 13.1. The molecule has 0 saturated carbocycles. The van der Waals surface area contributed by atoms with Crippen molar-refractivity contribution >= 4 is 17.3 Å². The van der Waals surface area contributed by atoms with Crippen LogP contribution < -0.4 is 15.4 Å². The van der Waals surface area contributed by atoms with E-state index in [4.69, 9.17) is 4.74 Å². The van der Waals surface area contributed by atoms with E-state index < -0.39 is 0 Å². The van der Waals surface area contributed by atoms with Crippen LogP contribution in [-0.4, -0.2) is 19.1 Å². The van der Waals surface area contributed by atoms with Gasteiger partial charge in [-0.15, -0.1) is 0 Å². The van der Waals surface area contributed by atoms with Gasteiger partial charge >= 0.3 is 0 Å². The number of methoxy groups -OCH3 is 1. The van der Waals surface area contributed by atoms with Gasteiger partial charge in [0.15, 0.2) is 0 Å². The van der Waals surface area contributed by atoms with Crippen LogP contribution >= 0.6 is 0 Å². The molecule has 4 heteroatoms. The third-order valence-corrected chi connectivity index (χ3v) is 3.10. The molecule has 0 aromatic heterocycles. The van der Waals surface area contributed by atoms with Crippen LogP contribution in [0.25, 0.3) is 0 Å². The van der Waals surface area contributed by atoms with Gasteiger partial charge in [-0.3, -0.25) is 4.79 Å². The van der Waals surface area contributed by atoms with E-state index in [1.807, 2.05) is 18.2 Å². The van der Waals surface area contributed by atoms with Crippen LogP contribution in [0, 0.1) is 5.92 Å². The first-order valence-electron chi connectivity index (χ1n) is 7.14. The van der Waals surface area contributed by atoms with Gasteiger partial charge in [0.05, 0.1) is 12.8 Å². The second kappa shape index (κ2) is 7.78. The Morgan fingerprint density at radius 3 is 2.50 bits per heavy atom. The summed E-state index contributed by atoms with van der Waals surface area (Å²) >= 11 is 0. The molecule has 1 aromatic carbocycles. The van der Waals surface area contributed by atoms with Crippen LogP contribution in [0.2, 0.25) is 0 Å². The molecular weight excluding hydrogens is 252 g/mol. The van der Waals surface area contributed by atoms with Crippen molar-refractivity contribution in [2.24, 2.45) is 5.92 Å². The van der Waals surface area contributed by atoms with E-state index in [-0.39, 0.29) is 5.91 Å². The number of hydrogen-bond acceptors (Lipinski definition) is 3. The maximum Gasteiger partial charge on any atom is 0.221 e.